The van der Waals surface area contributed by atoms with Crippen molar-refractivity contribution in [2.45, 2.75) is 22.9 Å². The summed E-state index contributed by atoms with van der Waals surface area (Å²) >= 11 is 5.83. The molecule has 0 aliphatic rings. The highest BCUT2D eigenvalue weighted by molar-refractivity contribution is 7.85. The van der Waals surface area contributed by atoms with E-state index in [1.54, 1.807) is 12.3 Å². The minimum absolute atomic E-state index is 0.303. The van der Waals surface area contributed by atoms with Crippen LogP contribution in [-0.4, -0.2) is 19.2 Å². The van der Waals surface area contributed by atoms with E-state index in [2.05, 4.69) is 15.0 Å². The maximum Gasteiger partial charge on any atom is 0.202 e. The Hall–Kier alpha value is -1.72. The second-order valence-corrected chi connectivity index (χ2v) is 5.97. The molecule has 0 spiro atoms. The molecule has 0 radical (unpaired) electrons. The van der Waals surface area contributed by atoms with Crippen molar-refractivity contribution in [1.29, 1.82) is 0 Å². The Bertz CT molecular complexity index is 767. The number of aromatic nitrogens is 3. The molecule has 1 atom stereocenters. The molecule has 20 heavy (non-hydrogen) atoms. The van der Waals surface area contributed by atoms with Crippen LogP contribution >= 0.6 is 11.6 Å². The van der Waals surface area contributed by atoms with Crippen molar-refractivity contribution < 1.29 is 4.21 Å². The summed E-state index contributed by atoms with van der Waals surface area (Å²) in [4.78, 5) is 12.3. The Morgan fingerprint density at radius 2 is 2.10 bits per heavy atom. The van der Waals surface area contributed by atoms with Crippen molar-refractivity contribution in [3.63, 3.8) is 0 Å². The largest absolute Gasteiger partial charge is 0.331 e. The molecule has 4 nitrogen and oxygen atoms in total. The van der Waals surface area contributed by atoms with E-state index in [4.69, 9.17) is 11.6 Å². The number of fused-ring (bicyclic) bond motifs is 1. The highest BCUT2D eigenvalue weighted by atomic mass is 35.5. The number of para-hydroxylation sites is 2. The van der Waals surface area contributed by atoms with Crippen molar-refractivity contribution >= 4 is 33.4 Å². The number of rotatable bonds is 3. The predicted molar refractivity (Wildman–Crippen MR) is 79.3 cm³/mol. The van der Waals surface area contributed by atoms with Crippen molar-refractivity contribution in [3.05, 3.63) is 47.8 Å². The van der Waals surface area contributed by atoms with Crippen LogP contribution in [0.25, 0.3) is 11.0 Å². The molecule has 6 heteroatoms. The molecule has 1 unspecified atom stereocenters. The van der Waals surface area contributed by atoms with Crippen molar-refractivity contribution in [2.75, 3.05) is 0 Å². The molecule has 0 amide bonds. The molecule has 0 aliphatic heterocycles. The Balaban J connectivity index is 2.08. The maximum absolute atomic E-state index is 12.7. The standard InChI is InChI=1S/C14H12ClN3OS/c1-9-12(8-15)16-7-6-13(9)20(19)14-17-10-4-2-3-5-11(10)18-14/h2-7H,8H2,1H3,(H,17,18). The molecule has 1 aromatic carbocycles. The lowest BCUT2D eigenvalue weighted by Gasteiger charge is -2.06. The predicted octanol–water partition coefficient (Wildman–Crippen LogP) is 3.17. The Morgan fingerprint density at radius 3 is 2.85 bits per heavy atom. The number of benzene rings is 1. The van der Waals surface area contributed by atoms with Gasteiger partial charge in [0.15, 0.2) is 0 Å². The molecule has 3 rings (SSSR count). The number of nitrogens with one attached hydrogen (secondary N) is 1. The zero-order valence-corrected chi connectivity index (χ0v) is 12.3. The average molecular weight is 306 g/mol. The lowest BCUT2D eigenvalue weighted by molar-refractivity contribution is 0.677. The highest BCUT2D eigenvalue weighted by Gasteiger charge is 2.16. The number of hydrogen-bond acceptors (Lipinski definition) is 3. The van der Waals surface area contributed by atoms with Gasteiger partial charge >= 0.3 is 0 Å². The quantitative estimate of drug-likeness (QED) is 0.756. The number of hydrogen-bond donors (Lipinski definition) is 1. The van der Waals surface area contributed by atoms with Crippen LogP contribution in [0.3, 0.4) is 0 Å². The zero-order chi connectivity index (χ0) is 14.1. The third-order valence-corrected chi connectivity index (χ3v) is 4.77. The van der Waals surface area contributed by atoms with Crippen LogP contribution in [0.4, 0.5) is 0 Å². The fourth-order valence-corrected chi connectivity index (χ4v) is 3.46. The van der Waals surface area contributed by atoms with Crippen LogP contribution in [0.2, 0.25) is 0 Å². The van der Waals surface area contributed by atoms with Crippen molar-refractivity contribution in [3.8, 4) is 0 Å². The molecule has 1 N–H and O–H groups in total. The van der Waals surface area contributed by atoms with Gasteiger partial charge in [-0.05, 0) is 30.7 Å². The van der Waals surface area contributed by atoms with Crippen molar-refractivity contribution in [2.24, 2.45) is 0 Å². The van der Waals surface area contributed by atoms with Gasteiger partial charge in [-0.3, -0.25) is 4.98 Å². The molecule has 0 bridgehead atoms. The molecular weight excluding hydrogens is 294 g/mol. The number of imidazole rings is 1. The van der Waals surface area contributed by atoms with Crippen LogP contribution in [0.15, 0.2) is 46.6 Å². The monoisotopic (exact) mass is 305 g/mol. The third kappa shape index (κ3) is 2.23. The summed E-state index contributed by atoms with van der Waals surface area (Å²) in [6, 6.07) is 9.35. The van der Waals surface area contributed by atoms with Gasteiger partial charge in [-0.15, -0.1) is 11.6 Å². The summed E-state index contributed by atoms with van der Waals surface area (Å²) in [6.07, 6.45) is 1.63. The summed E-state index contributed by atoms with van der Waals surface area (Å²) < 4.78 is 12.7. The van der Waals surface area contributed by atoms with Gasteiger partial charge in [0.25, 0.3) is 0 Å². The summed E-state index contributed by atoms with van der Waals surface area (Å²) in [7, 11) is -1.37. The van der Waals surface area contributed by atoms with E-state index >= 15 is 0 Å². The van der Waals surface area contributed by atoms with E-state index in [0.717, 1.165) is 22.3 Å². The van der Waals surface area contributed by atoms with Gasteiger partial charge in [-0.2, -0.15) is 0 Å². The van der Waals surface area contributed by atoms with Gasteiger partial charge in [0, 0.05) is 6.20 Å². The molecule has 102 valence electrons. The summed E-state index contributed by atoms with van der Waals surface area (Å²) in [6.45, 7) is 1.88. The lowest BCUT2D eigenvalue weighted by Crippen LogP contribution is -2.01. The van der Waals surface area contributed by atoms with E-state index in [-0.39, 0.29) is 0 Å². The van der Waals surface area contributed by atoms with Crippen LogP contribution in [0, 0.1) is 6.92 Å². The summed E-state index contributed by atoms with van der Waals surface area (Å²) in [5.41, 5.74) is 3.27. The Morgan fingerprint density at radius 1 is 1.30 bits per heavy atom. The van der Waals surface area contributed by atoms with Gasteiger partial charge < -0.3 is 4.98 Å². The molecule has 2 heterocycles. The van der Waals surface area contributed by atoms with Crippen LogP contribution < -0.4 is 0 Å². The van der Waals surface area contributed by atoms with E-state index in [0.29, 0.717) is 15.9 Å². The number of halogens is 1. The first-order chi connectivity index (χ1) is 9.70. The summed E-state index contributed by atoms with van der Waals surface area (Å²) in [5, 5.41) is 0.445. The first kappa shape index (κ1) is 13.3. The number of aromatic amines is 1. The normalized spacial score (nSPS) is 12.7. The average Bonchev–Trinajstić information content (AvgIpc) is 2.90. The smallest absolute Gasteiger partial charge is 0.202 e. The van der Waals surface area contributed by atoms with E-state index in [1.807, 2.05) is 31.2 Å². The first-order valence-electron chi connectivity index (χ1n) is 6.07. The van der Waals surface area contributed by atoms with E-state index in [1.165, 1.54) is 0 Å². The molecule has 0 aliphatic carbocycles. The minimum atomic E-state index is -1.37. The Kier molecular flexibility index (Phi) is 3.54. The molecule has 0 fully saturated rings. The number of alkyl halides is 1. The minimum Gasteiger partial charge on any atom is -0.331 e. The topological polar surface area (TPSA) is 58.6 Å². The number of pyridine rings is 1. The number of H-pyrrole nitrogens is 1. The van der Waals surface area contributed by atoms with Crippen LogP contribution in [-0.2, 0) is 16.7 Å². The fourth-order valence-electron chi connectivity index (χ4n) is 2.02. The van der Waals surface area contributed by atoms with Gasteiger partial charge in [0.1, 0.15) is 10.8 Å². The first-order valence-corrected chi connectivity index (χ1v) is 7.76. The second-order valence-electron chi connectivity index (χ2n) is 4.34. The fraction of sp³-hybridized carbons (Fsp3) is 0.143. The van der Waals surface area contributed by atoms with Gasteiger partial charge in [0.2, 0.25) is 5.16 Å². The molecule has 3 aromatic rings. The second kappa shape index (κ2) is 5.34. The molecule has 0 saturated carbocycles. The summed E-state index contributed by atoms with van der Waals surface area (Å²) in [5.74, 6) is 0.303. The van der Waals surface area contributed by atoms with Crippen LogP contribution in [0.5, 0.6) is 0 Å². The molecular formula is C14H12ClN3OS. The highest BCUT2D eigenvalue weighted by Crippen LogP contribution is 2.22. The lowest BCUT2D eigenvalue weighted by atomic mass is 10.2. The zero-order valence-electron chi connectivity index (χ0n) is 10.8. The van der Waals surface area contributed by atoms with Crippen molar-refractivity contribution in [1.82, 2.24) is 15.0 Å². The van der Waals surface area contributed by atoms with Gasteiger partial charge in [0.05, 0.1) is 27.5 Å². The number of nitrogens with zero attached hydrogens (tertiary/aromatic N) is 2. The Labute approximate surface area is 123 Å². The molecule has 2 aromatic heterocycles. The van der Waals surface area contributed by atoms with Gasteiger partial charge in [-0.1, -0.05) is 12.1 Å². The maximum atomic E-state index is 12.7. The van der Waals surface area contributed by atoms with Gasteiger partial charge in [-0.25, -0.2) is 9.19 Å². The van der Waals surface area contributed by atoms with E-state index < -0.39 is 10.8 Å². The third-order valence-electron chi connectivity index (χ3n) is 3.13. The van der Waals surface area contributed by atoms with Crippen LogP contribution in [0.1, 0.15) is 11.3 Å². The van der Waals surface area contributed by atoms with E-state index in [9.17, 15) is 4.21 Å². The molecule has 0 saturated heterocycles. The SMILES string of the molecule is Cc1c(S(=O)c2nc3ccccc3[nH]2)ccnc1CCl.